The van der Waals surface area contributed by atoms with Gasteiger partial charge in [-0.3, -0.25) is 0 Å². The Bertz CT molecular complexity index is 1060. The third-order valence-corrected chi connectivity index (χ3v) is 5.30. The molecule has 0 bridgehead atoms. The maximum absolute atomic E-state index is 6.38. The number of nitrogens with one attached hydrogen (secondary N) is 1. The summed E-state index contributed by atoms with van der Waals surface area (Å²) in [7, 11) is 0. The van der Waals surface area contributed by atoms with Gasteiger partial charge in [0.15, 0.2) is 0 Å². The molecule has 4 aromatic rings. The zero-order chi connectivity index (χ0) is 18.6. The van der Waals surface area contributed by atoms with Crippen LogP contribution in [0.3, 0.4) is 0 Å². The van der Waals surface area contributed by atoms with Crippen molar-refractivity contribution >= 4 is 34.1 Å². The number of halogens is 3. The van der Waals surface area contributed by atoms with Gasteiger partial charge in [-0.15, -0.1) is 0 Å². The first-order chi connectivity index (χ1) is 13.2. The van der Waals surface area contributed by atoms with Gasteiger partial charge in [0, 0.05) is 46.8 Å². The van der Waals surface area contributed by atoms with Gasteiger partial charge in [0.2, 0.25) is 0 Å². The lowest BCUT2D eigenvalue weighted by molar-refractivity contribution is -0.00000516. The zero-order valence-electron chi connectivity index (χ0n) is 15.2. The molecule has 0 spiro atoms. The Labute approximate surface area is 181 Å². The molecule has 1 N–H and O–H groups in total. The van der Waals surface area contributed by atoms with Crippen LogP contribution in [0, 0.1) is 0 Å². The zero-order valence-corrected chi connectivity index (χ0v) is 17.5. The van der Waals surface area contributed by atoms with E-state index < -0.39 is 0 Å². The van der Waals surface area contributed by atoms with Gasteiger partial charge >= 0.3 is 0 Å². The van der Waals surface area contributed by atoms with Gasteiger partial charge in [-0.1, -0.05) is 77.8 Å². The maximum atomic E-state index is 6.38. The monoisotopic (exact) mass is 429 g/mol. The van der Waals surface area contributed by atoms with Crippen LogP contribution >= 0.6 is 23.2 Å². The van der Waals surface area contributed by atoms with Crippen LogP contribution in [0.1, 0.15) is 16.7 Å². The molecule has 1 aromatic heterocycles. The number of nitrogens with zero attached hydrogens (tertiary/aromatic N) is 1. The molecule has 4 rings (SSSR count). The number of hydrogen-bond acceptors (Lipinski definition) is 1. The van der Waals surface area contributed by atoms with E-state index >= 15 is 0 Å². The predicted molar refractivity (Wildman–Crippen MR) is 114 cm³/mol. The molecule has 0 aliphatic rings. The van der Waals surface area contributed by atoms with Crippen molar-refractivity contribution in [2.24, 2.45) is 0 Å². The van der Waals surface area contributed by atoms with Gasteiger partial charge < -0.3 is 22.3 Å². The Hall–Kier alpha value is -1.97. The molecule has 1 heterocycles. The topological polar surface area (TPSA) is 17.0 Å². The molecule has 0 atom stereocenters. The molecule has 0 radical (unpaired) electrons. The first-order valence-electron chi connectivity index (χ1n) is 8.96. The highest BCUT2D eigenvalue weighted by Gasteiger charge is 2.10. The quantitative estimate of drug-likeness (QED) is 0.497. The largest absolute Gasteiger partial charge is 1.00 e. The number of rotatable bonds is 6. The van der Waals surface area contributed by atoms with E-state index in [-0.39, 0.29) is 12.4 Å². The minimum absolute atomic E-state index is 0. The number of para-hydroxylation sites is 1. The molecule has 0 saturated heterocycles. The second-order valence-electron chi connectivity index (χ2n) is 6.62. The van der Waals surface area contributed by atoms with E-state index in [1.165, 1.54) is 22.0 Å². The summed E-state index contributed by atoms with van der Waals surface area (Å²) in [6.45, 7) is 2.38. The molecule has 144 valence electrons. The van der Waals surface area contributed by atoms with Crippen molar-refractivity contribution in [2.45, 2.75) is 19.6 Å². The third-order valence-electron chi connectivity index (χ3n) is 4.71. The summed E-state index contributed by atoms with van der Waals surface area (Å²) in [5.41, 5.74) is 4.84. The minimum atomic E-state index is 0. The Morgan fingerprint density at radius 1 is 0.786 bits per heavy atom. The van der Waals surface area contributed by atoms with Gasteiger partial charge in [0.1, 0.15) is 0 Å². The molecular weight excluding hydrogens is 411 g/mol. The number of hydrogen-bond donors (Lipinski definition) is 1. The van der Waals surface area contributed by atoms with Crippen LogP contribution in [0.25, 0.3) is 10.9 Å². The summed E-state index contributed by atoms with van der Waals surface area (Å²) in [6.07, 6.45) is 2.22. The Morgan fingerprint density at radius 3 is 2.32 bits per heavy atom. The number of aromatic nitrogens is 1. The SMILES string of the molecule is Clc1ccc(Cn2cc(CNCc3ccccc3)c3ccccc32)c(Cl)c1.[Cl-]. The molecule has 0 aliphatic carbocycles. The Morgan fingerprint density at radius 2 is 1.54 bits per heavy atom. The van der Waals surface area contributed by atoms with E-state index in [9.17, 15) is 0 Å². The molecule has 3 aromatic carbocycles. The summed E-state index contributed by atoms with van der Waals surface area (Å²) < 4.78 is 2.25. The van der Waals surface area contributed by atoms with E-state index in [4.69, 9.17) is 23.2 Å². The fourth-order valence-corrected chi connectivity index (χ4v) is 3.83. The van der Waals surface area contributed by atoms with Crippen molar-refractivity contribution in [2.75, 3.05) is 0 Å². The molecule has 0 saturated carbocycles. The normalized spacial score (nSPS) is 10.8. The van der Waals surface area contributed by atoms with Crippen molar-refractivity contribution in [1.82, 2.24) is 9.88 Å². The molecule has 2 nitrogen and oxygen atoms in total. The standard InChI is InChI=1S/C23H20Cl2N2.ClH/c24-20-11-10-18(22(25)12-20)15-27-16-19(21-8-4-5-9-23(21)27)14-26-13-17-6-2-1-3-7-17;/h1-12,16,26H,13-15H2;1H/p-1. The summed E-state index contributed by atoms with van der Waals surface area (Å²) in [4.78, 5) is 0. The van der Waals surface area contributed by atoms with E-state index in [0.29, 0.717) is 10.0 Å². The maximum Gasteiger partial charge on any atom is 0.0491 e. The fraction of sp³-hybridized carbons (Fsp3) is 0.130. The van der Waals surface area contributed by atoms with Crippen molar-refractivity contribution in [1.29, 1.82) is 0 Å². The summed E-state index contributed by atoms with van der Waals surface area (Å²) in [6, 6.07) is 24.6. The minimum Gasteiger partial charge on any atom is -1.00 e. The van der Waals surface area contributed by atoms with Crippen molar-refractivity contribution in [3.05, 3.63) is 106 Å². The summed E-state index contributed by atoms with van der Waals surface area (Å²) in [5.74, 6) is 0. The number of fused-ring (bicyclic) bond motifs is 1. The first kappa shape index (κ1) is 20.8. The lowest BCUT2D eigenvalue weighted by Gasteiger charge is -2.08. The van der Waals surface area contributed by atoms with E-state index in [0.717, 1.165) is 25.2 Å². The van der Waals surface area contributed by atoms with Crippen LogP contribution < -0.4 is 17.7 Å². The van der Waals surface area contributed by atoms with Crippen molar-refractivity contribution in [3.63, 3.8) is 0 Å². The molecule has 0 amide bonds. The van der Waals surface area contributed by atoms with Gasteiger partial charge in [0.05, 0.1) is 0 Å². The van der Waals surface area contributed by atoms with Crippen LogP contribution in [0.4, 0.5) is 0 Å². The molecule has 5 heteroatoms. The average molecular weight is 431 g/mol. The van der Waals surface area contributed by atoms with Crippen molar-refractivity contribution in [3.8, 4) is 0 Å². The van der Waals surface area contributed by atoms with Crippen LogP contribution in [-0.4, -0.2) is 4.57 Å². The predicted octanol–water partition coefficient (Wildman–Crippen LogP) is 3.29. The van der Waals surface area contributed by atoms with Crippen LogP contribution in [0.15, 0.2) is 79.0 Å². The van der Waals surface area contributed by atoms with E-state index in [1.807, 2.05) is 18.2 Å². The number of benzene rings is 3. The lowest BCUT2D eigenvalue weighted by Crippen LogP contribution is -3.00. The Kier molecular flexibility index (Phi) is 7.03. The summed E-state index contributed by atoms with van der Waals surface area (Å²) >= 11 is 12.4. The van der Waals surface area contributed by atoms with Gasteiger partial charge in [0.25, 0.3) is 0 Å². The second-order valence-corrected chi connectivity index (χ2v) is 7.47. The smallest absolute Gasteiger partial charge is 0.0491 e. The third kappa shape index (κ3) is 4.71. The summed E-state index contributed by atoms with van der Waals surface area (Å²) in [5, 5.41) is 6.17. The van der Waals surface area contributed by atoms with Crippen molar-refractivity contribution < 1.29 is 12.4 Å². The highest BCUT2D eigenvalue weighted by molar-refractivity contribution is 6.35. The highest BCUT2D eigenvalue weighted by Crippen LogP contribution is 2.26. The second kappa shape index (κ2) is 9.49. The molecule has 0 unspecified atom stereocenters. The van der Waals surface area contributed by atoms with E-state index in [2.05, 4.69) is 64.6 Å². The van der Waals surface area contributed by atoms with Gasteiger partial charge in [-0.25, -0.2) is 0 Å². The van der Waals surface area contributed by atoms with Gasteiger partial charge in [-0.2, -0.15) is 0 Å². The Balaban J connectivity index is 0.00000225. The fourth-order valence-electron chi connectivity index (χ4n) is 3.37. The lowest BCUT2D eigenvalue weighted by atomic mass is 10.1. The molecular formula is C23H20Cl3N2-. The van der Waals surface area contributed by atoms with Gasteiger partial charge in [-0.05, 0) is 34.9 Å². The molecule has 0 fully saturated rings. The van der Waals surface area contributed by atoms with Crippen LogP contribution in [-0.2, 0) is 19.6 Å². The van der Waals surface area contributed by atoms with Crippen LogP contribution in [0.5, 0.6) is 0 Å². The van der Waals surface area contributed by atoms with E-state index in [1.54, 1.807) is 6.07 Å². The molecule has 28 heavy (non-hydrogen) atoms. The highest BCUT2D eigenvalue weighted by atomic mass is 35.5. The van der Waals surface area contributed by atoms with Crippen LogP contribution in [0.2, 0.25) is 10.0 Å². The molecule has 0 aliphatic heterocycles. The average Bonchev–Trinajstić information content (AvgIpc) is 3.03. The first-order valence-corrected chi connectivity index (χ1v) is 9.71.